The minimum Gasteiger partial charge on any atom is -0.497 e. The summed E-state index contributed by atoms with van der Waals surface area (Å²) >= 11 is 0. The summed E-state index contributed by atoms with van der Waals surface area (Å²) in [6, 6.07) is 6.95. The Balaban J connectivity index is 1.98. The van der Waals surface area contributed by atoms with E-state index < -0.39 is 6.10 Å². The van der Waals surface area contributed by atoms with Gasteiger partial charge in [-0.25, -0.2) is 0 Å². The first-order valence-corrected chi connectivity index (χ1v) is 8.49. The van der Waals surface area contributed by atoms with Crippen LogP contribution in [0.15, 0.2) is 24.3 Å². The predicted molar refractivity (Wildman–Crippen MR) is 91.3 cm³/mol. The van der Waals surface area contributed by atoms with E-state index in [4.69, 9.17) is 4.74 Å². The lowest BCUT2D eigenvalue weighted by Crippen LogP contribution is -2.46. The Morgan fingerprint density at radius 2 is 1.83 bits per heavy atom. The van der Waals surface area contributed by atoms with Gasteiger partial charge in [0.2, 0.25) is 5.91 Å². The van der Waals surface area contributed by atoms with Crippen LogP contribution < -0.4 is 10.1 Å². The number of rotatable bonds is 6. The number of aliphatic hydroxyl groups is 1. The van der Waals surface area contributed by atoms with Gasteiger partial charge in [-0.2, -0.15) is 0 Å². The summed E-state index contributed by atoms with van der Waals surface area (Å²) in [5.74, 6) is 1.22. The van der Waals surface area contributed by atoms with Crippen LogP contribution in [0.3, 0.4) is 0 Å². The Hall–Kier alpha value is -1.55. The number of hydrogen-bond donors (Lipinski definition) is 2. The maximum atomic E-state index is 12.7. The third kappa shape index (κ3) is 4.05. The average molecular weight is 319 g/mol. The highest BCUT2D eigenvalue weighted by molar-refractivity contribution is 5.82. The molecule has 2 N–H and O–H groups in total. The number of benzene rings is 1. The molecule has 4 heteroatoms. The maximum absolute atomic E-state index is 12.7. The first-order chi connectivity index (χ1) is 10.9. The number of nitrogens with one attached hydrogen (secondary N) is 1. The molecule has 1 aromatic carbocycles. The molecule has 0 aliphatic heterocycles. The van der Waals surface area contributed by atoms with Gasteiger partial charge in [-0.1, -0.05) is 38.8 Å². The van der Waals surface area contributed by atoms with Crippen LogP contribution in [0.1, 0.15) is 58.1 Å². The van der Waals surface area contributed by atoms with E-state index in [1.165, 1.54) is 12.8 Å². The fraction of sp³-hybridized carbons (Fsp3) is 0.632. The van der Waals surface area contributed by atoms with Crippen LogP contribution in [-0.4, -0.2) is 24.2 Å². The summed E-state index contributed by atoms with van der Waals surface area (Å²) in [5.41, 5.74) is 0.391. The van der Waals surface area contributed by atoms with Crippen LogP contribution in [0.2, 0.25) is 0 Å². The van der Waals surface area contributed by atoms with Crippen molar-refractivity contribution >= 4 is 5.91 Å². The van der Waals surface area contributed by atoms with Crippen LogP contribution in [0.5, 0.6) is 5.75 Å². The number of hydrogen-bond acceptors (Lipinski definition) is 3. The van der Waals surface area contributed by atoms with Gasteiger partial charge in [0.15, 0.2) is 0 Å². The molecular weight excluding hydrogens is 290 g/mol. The molecular formula is C19H29NO3. The Morgan fingerprint density at radius 3 is 2.35 bits per heavy atom. The van der Waals surface area contributed by atoms with Crippen molar-refractivity contribution in [1.29, 1.82) is 0 Å². The summed E-state index contributed by atoms with van der Waals surface area (Å²) < 4.78 is 5.12. The molecule has 1 saturated carbocycles. The van der Waals surface area contributed by atoms with Gasteiger partial charge in [0.05, 0.1) is 19.3 Å². The molecule has 4 nitrogen and oxygen atoms in total. The fourth-order valence-corrected chi connectivity index (χ4v) is 3.39. The van der Waals surface area contributed by atoms with E-state index in [1.54, 1.807) is 7.11 Å². The molecule has 2 atom stereocenters. The molecule has 1 amide bonds. The fourth-order valence-electron chi connectivity index (χ4n) is 3.39. The van der Waals surface area contributed by atoms with E-state index in [1.807, 2.05) is 45.0 Å². The number of methoxy groups -OCH3 is 1. The van der Waals surface area contributed by atoms with Crippen LogP contribution in [0, 0.1) is 11.3 Å². The molecule has 1 aliphatic rings. The Bertz CT molecular complexity index is 518. The summed E-state index contributed by atoms with van der Waals surface area (Å²) in [4.78, 5) is 12.7. The second kappa shape index (κ2) is 7.35. The first-order valence-electron chi connectivity index (χ1n) is 8.49. The van der Waals surface area contributed by atoms with Crippen molar-refractivity contribution in [2.24, 2.45) is 11.3 Å². The van der Waals surface area contributed by atoms with Crippen molar-refractivity contribution in [3.8, 4) is 5.75 Å². The summed E-state index contributed by atoms with van der Waals surface area (Å²) in [5, 5.41) is 13.5. The monoisotopic (exact) mass is 319 g/mol. The van der Waals surface area contributed by atoms with E-state index in [0.29, 0.717) is 5.92 Å². The standard InChI is InChI=1S/C19H29NO3/c1-13(17(21)14-9-11-16(23-4)12-10-14)20-18(22)19(2,3)15-7-5-6-8-15/h9-13,15,17,21H,5-8H2,1-4H3,(H,20,22). The highest BCUT2D eigenvalue weighted by Gasteiger charge is 2.39. The zero-order valence-corrected chi connectivity index (χ0v) is 14.6. The number of amides is 1. The molecule has 0 radical (unpaired) electrons. The average Bonchev–Trinajstić information content (AvgIpc) is 3.09. The van der Waals surface area contributed by atoms with Gasteiger partial charge in [-0.05, 0) is 43.4 Å². The van der Waals surface area contributed by atoms with Gasteiger partial charge < -0.3 is 15.2 Å². The van der Waals surface area contributed by atoms with Crippen LogP contribution in [0.4, 0.5) is 0 Å². The summed E-state index contributed by atoms with van der Waals surface area (Å²) in [6.45, 7) is 5.88. The Morgan fingerprint density at radius 1 is 1.26 bits per heavy atom. The van der Waals surface area contributed by atoms with E-state index in [0.717, 1.165) is 24.2 Å². The van der Waals surface area contributed by atoms with Gasteiger partial charge >= 0.3 is 0 Å². The van der Waals surface area contributed by atoms with Crippen LogP contribution in [-0.2, 0) is 4.79 Å². The molecule has 2 rings (SSSR count). The van der Waals surface area contributed by atoms with Gasteiger partial charge in [0.25, 0.3) is 0 Å². The molecule has 128 valence electrons. The first kappa shape index (κ1) is 17.8. The van der Waals surface area contributed by atoms with Gasteiger partial charge in [0, 0.05) is 5.41 Å². The molecule has 1 aromatic rings. The molecule has 1 fully saturated rings. The molecule has 1 aliphatic carbocycles. The van der Waals surface area contributed by atoms with Crippen LogP contribution in [0.25, 0.3) is 0 Å². The lowest BCUT2D eigenvalue weighted by molar-refractivity contribution is -0.133. The number of carbonyl (C=O) groups is 1. The van der Waals surface area contributed by atoms with E-state index in [9.17, 15) is 9.90 Å². The quantitative estimate of drug-likeness (QED) is 0.844. The molecule has 0 saturated heterocycles. The molecule has 0 aromatic heterocycles. The van der Waals surface area contributed by atoms with Gasteiger partial charge in [0.1, 0.15) is 5.75 Å². The van der Waals surface area contributed by atoms with Gasteiger partial charge in [-0.15, -0.1) is 0 Å². The minimum atomic E-state index is -0.732. The SMILES string of the molecule is COc1ccc(C(O)C(C)NC(=O)C(C)(C)C2CCCC2)cc1. The minimum absolute atomic E-state index is 0.0319. The smallest absolute Gasteiger partial charge is 0.226 e. The number of aliphatic hydroxyl groups excluding tert-OH is 1. The van der Waals surface area contributed by atoms with Crippen molar-refractivity contribution in [2.45, 2.75) is 58.6 Å². The van der Waals surface area contributed by atoms with E-state index >= 15 is 0 Å². The lowest BCUT2D eigenvalue weighted by atomic mass is 9.76. The highest BCUT2D eigenvalue weighted by Crippen LogP contribution is 2.39. The Labute approximate surface area is 139 Å². The number of ether oxygens (including phenoxy) is 1. The van der Waals surface area contributed by atoms with Crippen LogP contribution >= 0.6 is 0 Å². The topological polar surface area (TPSA) is 58.6 Å². The molecule has 0 heterocycles. The van der Waals surface area contributed by atoms with E-state index in [2.05, 4.69) is 5.32 Å². The normalized spacial score (nSPS) is 18.5. The van der Waals surface area contributed by atoms with Crippen molar-refractivity contribution in [2.75, 3.05) is 7.11 Å². The lowest BCUT2D eigenvalue weighted by Gasteiger charge is -2.32. The van der Waals surface area contributed by atoms with E-state index in [-0.39, 0.29) is 17.4 Å². The predicted octanol–water partition coefficient (Wildman–Crippen LogP) is 3.45. The zero-order valence-electron chi connectivity index (χ0n) is 14.6. The third-order valence-electron chi connectivity index (χ3n) is 5.25. The molecule has 0 bridgehead atoms. The van der Waals surface area contributed by atoms with Crippen molar-refractivity contribution in [3.63, 3.8) is 0 Å². The van der Waals surface area contributed by atoms with Crippen molar-refractivity contribution < 1.29 is 14.6 Å². The Kier molecular flexibility index (Phi) is 5.69. The van der Waals surface area contributed by atoms with Crippen molar-refractivity contribution in [1.82, 2.24) is 5.32 Å². The third-order valence-corrected chi connectivity index (χ3v) is 5.25. The van der Waals surface area contributed by atoms with Gasteiger partial charge in [-0.3, -0.25) is 4.79 Å². The zero-order chi connectivity index (χ0) is 17.0. The number of carbonyl (C=O) groups excluding carboxylic acids is 1. The molecule has 23 heavy (non-hydrogen) atoms. The maximum Gasteiger partial charge on any atom is 0.226 e. The summed E-state index contributed by atoms with van der Waals surface area (Å²) in [6.07, 6.45) is 3.94. The second-order valence-corrected chi connectivity index (χ2v) is 7.18. The second-order valence-electron chi connectivity index (χ2n) is 7.18. The van der Waals surface area contributed by atoms with Crippen molar-refractivity contribution in [3.05, 3.63) is 29.8 Å². The molecule has 2 unspecified atom stereocenters. The summed E-state index contributed by atoms with van der Waals surface area (Å²) in [7, 11) is 1.61. The molecule has 0 spiro atoms. The highest BCUT2D eigenvalue weighted by atomic mass is 16.5. The largest absolute Gasteiger partial charge is 0.497 e.